The van der Waals surface area contributed by atoms with Crippen molar-refractivity contribution in [3.63, 3.8) is 0 Å². The number of urea groups is 1. The molecule has 1 aromatic rings. The minimum atomic E-state index is -0.0633. The SMILES string of the molecule is COc1ccc(OCCNC(=O)N2CCOCC2)cc1. The minimum Gasteiger partial charge on any atom is -0.497 e. The maximum atomic E-state index is 11.8. The molecular weight excluding hydrogens is 260 g/mol. The lowest BCUT2D eigenvalue weighted by molar-refractivity contribution is 0.0530. The van der Waals surface area contributed by atoms with Gasteiger partial charge in [0.1, 0.15) is 18.1 Å². The Labute approximate surface area is 118 Å². The number of carbonyl (C=O) groups is 1. The number of methoxy groups -OCH3 is 1. The van der Waals surface area contributed by atoms with Gasteiger partial charge in [-0.15, -0.1) is 0 Å². The van der Waals surface area contributed by atoms with Crippen molar-refractivity contribution >= 4 is 6.03 Å². The number of morpholine rings is 1. The molecule has 1 aliphatic heterocycles. The van der Waals surface area contributed by atoms with Gasteiger partial charge < -0.3 is 24.4 Å². The first-order chi connectivity index (χ1) is 9.79. The van der Waals surface area contributed by atoms with Crippen LogP contribution < -0.4 is 14.8 Å². The Bertz CT molecular complexity index is 416. The highest BCUT2D eigenvalue weighted by atomic mass is 16.5. The highest BCUT2D eigenvalue weighted by molar-refractivity contribution is 5.74. The summed E-state index contributed by atoms with van der Waals surface area (Å²) >= 11 is 0. The molecule has 1 aromatic carbocycles. The van der Waals surface area contributed by atoms with Crippen LogP contribution in [0.3, 0.4) is 0 Å². The fourth-order valence-corrected chi connectivity index (χ4v) is 1.88. The second kappa shape index (κ2) is 7.59. The molecule has 1 aliphatic rings. The first kappa shape index (κ1) is 14.5. The fourth-order valence-electron chi connectivity index (χ4n) is 1.88. The smallest absolute Gasteiger partial charge is 0.317 e. The van der Waals surface area contributed by atoms with E-state index in [-0.39, 0.29) is 6.03 Å². The minimum absolute atomic E-state index is 0.0633. The van der Waals surface area contributed by atoms with Crippen LogP contribution in [0.25, 0.3) is 0 Å². The molecule has 110 valence electrons. The number of hydrogen-bond acceptors (Lipinski definition) is 4. The second-order valence-electron chi connectivity index (χ2n) is 4.36. The van der Waals surface area contributed by atoms with E-state index in [1.54, 1.807) is 12.0 Å². The molecule has 0 atom stereocenters. The Hall–Kier alpha value is -1.95. The standard InChI is InChI=1S/C14H20N2O4/c1-18-12-2-4-13(5-3-12)20-9-6-15-14(17)16-7-10-19-11-8-16/h2-5H,6-11H2,1H3,(H,15,17). The molecule has 0 unspecified atom stereocenters. The Kier molecular flexibility index (Phi) is 5.49. The number of nitrogens with zero attached hydrogens (tertiary/aromatic N) is 1. The number of rotatable bonds is 5. The van der Waals surface area contributed by atoms with Crippen molar-refractivity contribution in [1.82, 2.24) is 10.2 Å². The van der Waals surface area contributed by atoms with Gasteiger partial charge in [0.2, 0.25) is 0 Å². The summed E-state index contributed by atoms with van der Waals surface area (Å²) in [5.41, 5.74) is 0. The van der Waals surface area contributed by atoms with Crippen molar-refractivity contribution in [1.29, 1.82) is 0 Å². The summed E-state index contributed by atoms with van der Waals surface area (Å²) in [6, 6.07) is 7.28. The average Bonchev–Trinajstić information content (AvgIpc) is 2.53. The highest BCUT2D eigenvalue weighted by Gasteiger charge is 2.15. The quantitative estimate of drug-likeness (QED) is 0.821. The molecule has 0 aliphatic carbocycles. The summed E-state index contributed by atoms with van der Waals surface area (Å²) in [7, 11) is 1.62. The van der Waals surface area contributed by atoms with E-state index in [4.69, 9.17) is 14.2 Å². The summed E-state index contributed by atoms with van der Waals surface area (Å²) in [6.07, 6.45) is 0. The summed E-state index contributed by atoms with van der Waals surface area (Å²) in [5.74, 6) is 1.55. The third-order valence-electron chi connectivity index (χ3n) is 3.00. The number of carbonyl (C=O) groups excluding carboxylic acids is 1. The van der Waals surface area contributed by atoms with Crippen LogP contribution in [0.4, 0.5) is 4.79 Å². The first-order valence-corrected chi connectivity index (χ1v) is 6.67. The van der Waals surface area contributed by atoms with Crippen LogP contribution in [0.15, 0.2) is 24.3 Å². The molecule has 1 saturated heterocycles. The molecule has 20 heavy (non-hydrogen) atoms. The van der Waals surface area contributed by atoms with E-state index in [1.165, 1.54) is 0 Å². The van der Waals surface area contributed by atoms with Gasteiger partial charge in [0.15, 0.2) is 0 Å². The topological polar surface area (TPSA) is 60.0 Å². The zero-order valence-electron chi connectivity index (χ0n) is 11.6. The lowest BCUT2D eigenvalue weighted by Gasteiger charge is -2.26. The number of ether oxygens (including phenoxy) is 3. The molecular formula is C14H20N2O4. The number of amides is 2. The maximum absolute atomic E-state index is 11.8. The number of nitrogens with one attached hydrogen (secondary N) is 1. The molecule has 0 radical (unpaired) electrons. The second-order valence-corrected chi connectivity index (χ2v) is 4.36. The summed E-state index contributed by atoms with van der Waals surface area (Å²) in [4.78, 5) is 13.5. The van der Waals surface area contributed by atoms with Gasteiger partial charge >= 0.3 is 6.03 Å². The molecule has 0 bridgehead atoms. The molecule has 0 aromatic heterocycles. The maximum Gasteiger partial charge on any atom is 0.317 e. The van der Waals surface area contributed by atoms with E-state index in [9.17, 15) is 4.79 Å². The van der Waals surface area contributed by atoms with E-state index in [2.05, 4.69) is 5.32 Å². The van der Waals surface area contributed by atoms with Crippen LogP contribution in [-0.2, 0) is 4.74 Å². The van der Waals surface area contributed by atoms with Crippen LogP contribution >= 0.6 is 0 Å². The van der Waals surface area contributed by atoms with Gasteiger partial charge in [-0.2, -0.15) is 0 Å². The van der Waals surface area contributed by atoms with Crippen molar-refractivity contribution < 1.29 is 19.0 Å². The lowest BCUT2D eigenvalue weighted by atomic mass is 10.3. The summed E-state index contributed by atoms with van der Waals surface area (Å²) < 4.78 is 15.8. The van der Waals surface area contributed by atoms with Gasteiger partial charge in [-0.3, -0.25) is 0 Å². The van der Waals surface area contributed by atoms with Crippen LogP contribution in [0, 0.1) is 0 Å². The monoisotopic (exact) mass is 280 g/mol. The van der Waals surface area contributed by atoms with E-state index < -0.39 is 0 Å². The number of hydrogen-bond donors (Lipinski definition) is 1. The lowest BCUT2D eigenvalue weighted by Crippen LogP contribution is -2.47. The van der Waals surface area contributed by atoms with Crippen molar-refractivity contribution in [3.8, 4) is 11.5 Å². The molecule has 0 spiro atoms. The summed E-state index contributed by atoms with van der Waals surface area (Å²) in [6.45, 7) is 3.41. The van der Waals surface area contributed by atoms with Crippen molar-refractivity contribution in [2.24, 2.45) is 0 Å². The third kappa shape index (κ3) is 4.31. The fraction of sp³-hybridized carbons (Fsp3) is 0.500. The van der Waals surface area contributed by atoms with E-state index in [0.29, 0.717) is 39.5 Å². The molecule has 0 saturated carbocycles. The van der Waals surface area contributed by atoms with Gasteiger partial charge in [-0.25, -0.2) is 4.79 Å². The molecule has 1 heterocycles. The van der Waals surface area contributed by atoms with Gasteiger partial charge in [-0.05, 0) is 24.3 Å². The zero-order chi connectivity index (χ0) is 14.2. The molecule has 6 heteroatoms. The first-order valence-electron chi connectivity index (χ1n) is 6.67. The summed E-state index contributed by atoms with van der Waals surface area (Å²) in [5, 5.41) is 2.83. The molecule has 2 amide bonds. The van der Waals surface area contributed by atoms with Crippen LogP contribution in [0.1, 0.15) is 0 Å². The van der Waals surface area contributed by atoms with Gasteiger partial charge in [0, 0.05) is 13.1 Å². The molecule has 1 N–H and O–H groups in total. The van der Waals surface area contributed by atoms with Crippen molar-refractivity contribution in [2.75, 3.05) is 46.6 Å². The van der Waals surface area contributed by atoms with Crippen molar-refractivity contribution in [3.05, 3.63) is 24.3 Å². The normalized spacial score (nSPS) is 14.8. The molecule has 2 rings (SSSR count). The van der Waals surface area contributed by atoms with Crippen LogP contribution in [0.5, 0.6) is 11.5 Å². The molecule has 1 fully saturated rings. The Morgan fingerprint density at radius 1 is 1.25 bits per heavy atom. The predicted molar refractivity (Wildman–Crippen MR) is 74.3 cm³/mol. The highest BCUT2D eigenvalue weighted by Crippen LogP contribution is 2.16. The van der Waals surface area contributed by atoms with Crippen molar-refractivity contribution in [2.45, 2.75) is 0 Å². The zero-order valence-corrected chi connectivity index (χ0v) is 11.6. The van der Waals surface area contributed by atoms with Gasteiger partial charge in [0.05, 0.1) is 26.9 Å². The van der Waals surface area contributed by atoms with E-state index in [0.717, 1.165) is 11.5 Å². The van der Waals surface area contributed by atoms with E-state index >= 15 is 0 Å². The number of benzene rings is 1. The largest absolute Gasteiger partial charge is 0.497 e. The van der Waals surface area contributed by atoms with Crippen LogP contribution in [-0.4, -0.2) is 57.5 Å². The van der Waals surface area contributed by atoms with Gasteiger partial charge in [-0.1, -0.05) is 0 Å². The third-order valence-corrected chi connectivity index (χ3v) is 3.00. The molecule has 6 nitrogen and oxygen atoms in total. The average molecular weight is 280 g/mol. The Morgan fingerprint density at radius 2 is 1.90 bits per heavy atom. The Morgan fingerprint density at radius 3 is 2.55 bits per heavy atom. The van der Waals surface area contributed by atoms with E-state index in [1.807, 2.05) is 24.3 Å². The predicted octanol–water partition coefficient (Wildman–Crippen LogP) is 1.12. The van der Waals surface area contributed by atoms with Crippen LogP contribution in [0.2, 0.25) is 0 Å². The Balaban J connectivity index is 1.64. The van der Waals surface area contributed by atoms with Gasteiger partial charge in [0.25, 0.3) is 0 Å².